The first-order valence-electron chi connectivity index (χ1n) is 8.82. The van der Waals surface area contributed by atoms with Crippen molar-refractivity contribution in [3.8, 4) is 0 Å². The Bertz CT molecular complexity index is 648. The summed E-state index contributed by atoms with van der Waals surface area (Å²) in [7, 11) is 2.20. The van der Waals surface area contributed by atoms with Crippen molar-refractivity contribution in [3.05, 3.63) is 76.9 Å². The van der Waals surface area contributed by atoms with E-state index >= 15 is 0 Å². The summed E-state index contributed by atoms with van der Waals surface area (Å²) in [5.41, 5.74) is 5.89. The Labute approximate surface area is 152 Å². The third kappa shape index (κ3) is 5.51. The van der Waals surface area contributed by atoms with Gasteiger partial charge in [-0.3, -0.25) is 4.90 Å². The zero-order valence-corrected chi connectivity index (χ0v) is 15.4. The van der Waals surface area contributed by atoms with Crippen LogP contribution in [0.1, 0.15) is 41.5 Å². The Hall–Kier alpha value is -1.57. The fourth-order valence-electron chi connectivity index (χ4n) is 3.37. The van der Waals surface area contributed by atoms with Crippen LogP contribution >= 0.6 is 12.4 Å². The van der Waals surface area contributed by atoms with Gasteiger partial charge in [0.2, 0.25) is 0 Å². The van der Waals surface area contributed by atoms with Crippen LogP contribution in [0.2, 0.25) is 0 Å². The fourth-order valence-corrected chi connectivity index (χ4v) is 3.37. The number of hydrogen-bond donors (Lipinski definition) is 0. The molecular formula is C22H28ClN. The molecule has 0 amide bonds. The molecule has 24 heavy (non-hydrogen) atoms. The SMILES string of the molecule is CN(C/C=C/c1ccccc1)Cc1ccc2c(c1)CCCCC2.Cl. The van der Waals surface area contributed by atoms with Gasteiger partial charge in [0.1, 0.15) is 0 Å². The summed E-state index contributed by atoms with van der Waals surface area (Å²) in [6.45, 7) is 2.00. The predicted molar refractivity (Wildman–Crippen MR) is 107 cm³/mol. The van der Waals surface area contributed by atoms with Crippen LogP contribution in [0.25, 0.3) is 6.08 Å². The Balaban J connectivity index is 0.00000208. The van der Waals surface area contributed by atoms with Crippen LogP contribution in [-0.2, 0) is 19.4 Å². The van der Waals surface area contributed by atoms with E-state index in [1.54, 1.807) is 11.1 Å². The van der Waals surface area contributed by atoms with Crippen molar-refractivity contribution in [2.24, 2.45) is 0 Å². The molecule has 0 radical (unpaired) electrons. The normalized spacial score (nSPS) is 14.2. The van der Waals surface area contributed by atoms with E-state index in [1.165, 1.54) is 43.2 Å². The lowest BCUT2D eigenvalue weighted by molar-refractivity contribution is 0.364. The molecule has 1 nitrogen and oxygen atoms in total. The number of benzene rings is 2. The molecule has 0 N–H and O–H groups in total. The summed E-state index contributed by atoms with van der Waals surface area (Å²) in [5.74, 6) is 0. The molecule has 1 aliphatic rings. The van der Waals surface area contributed by atoms with E-state index < -0.39 is 0 Å². The van der Waals surface area contributed by atoms with E-state index in [0.717, 1.165) is 13.1 Å². The van der Waals surface area contributed by atoms with E-state index in [9.17, 15) is 0 Å². The summed E-state index contributed by atoms with van der Waals surface area (Å²) in [5, 5.41) is 0. The zero-order chi connectivity index (χ0) is 15.9. The summed E-state index contributed by atoms with van der Waals surface area (Å²) in [4.78, 5) is 2.37. The average molecular weight is 342 g/mol. The standard InChI is InChI=1S/C22H27N.ClH/c1-23(16-8-11-19-9-4-2-5-10-19)18-20-14-15-21-12-6-3-7-13-22(21)17-20;/h2,4-5,8-11,14-15,17H,3,6-7,12-13,16,18H2,1H3;1H/b11-8+;. The minimum atomic E-state index is 0. The van der Waals surface area contributed by atoms with Gasteiger partial charge in [0, 0.05) is 13.1 Å². The summed E-state index contributed by atoms with van der Waals surface area (Å²) in [6, 6.07) is 17.6. The maximum absolute atomic E-state index is 2.44. The van der Waals surface area contributed by atoms with Crippen molar-refractivity contribution in [2.45, 2.75) is 38.6 Å². The van der Waals surface area contributed by atoms with Gasteiger partial charge in [-0.1, -0.05) is 67.1 Å². The van der Waals surface area contributed by atoms with Crippen LogP contribution in [0, 0.1) is 0 Å². The van der Waals surface area contributed by atoms with Crippen molar-refractivity contribution >= 4 is 18.5 Å². The number of halogens is 1. The Morgan fingerprint density at radius 2 is 1.67 bits per heavy atom. The molecule has 128 valence electrons. The van der Waals surface area contributed by atoms with E-state index in [2.05, 4.69) is 72.6 Å². The molecule has 2 aromatic rings. The van der Waals surface area contributed by atoms with Crippen molar-refractivity contribution in [1.29, 1.82) is 0 Å². The van der Waals surface area contributed by atoms with Crippen LogP contribution in [0.3, 0.4) is 0 Å². The fraction of sp³-hybridized carbons (Fsp3) is 0.364. The average Bonchev–Trinajstić information content (AvgIpc) is 2.81. The highest BCUT2D eigenvalue weighted by Gasteiger charge is 2.09. The van der Waals surface area contributed by atoms with Crippen molar-refractivity contribution < 1.29 is 0 Å². The van der Waals surface area contributed by atoms with Gasteiger partial charge in [-0.25, -0.2) is 0 Å². The summed E-state index contributed by atoms with van der Waals surface area (Å²) in [6.07, 6.45) is 11.1. The second kappa shape index (κ2) is 9.66. The molecule has 2 aromatic carbocycles. The lowest BCUT2D eigenvalue weighted by atomic mass is 10.00. The van der Waals surface area contributed by atoms with Gasteiger partial charge in [0.05, 0.1) is 0 Å². The van der Waals surface area contributed by atoms with Gasteiger partial charge in [-0.05, 0) is 55.0 Å². The highest BCUT2D eigenvalue weighted by Crippen LogP contribution is 2.22. The highest BCUT2D eigenvalue weighted by molar-refractivity contribution is 5.85. The van der Waals surface area contributed by atoms with Gasteiger partial charge in [0.15, 0.2) is 0 Å². The largest absolute Gasteiger partial charge is 0.298 e. The third-order valence-electron chi connectivity index (χ3n) is 4.64. The molecule has 0 saturated carbocycles. The maximum atomic E-state index is 2.44. The first-order valence-corrected chi connectivity index (χ1v) is 8.82. The number of likely N-dealkylation sites (N-methyl/N-ethyl adjacent to an activating group) is 1. The predicted octanol–water partition coefficient (Wildman–Crippen LogP) is 5.52. The van der Waals surface area contributed by atoms with E-state index in [1.807, 2.05) is 0 Å². The van der Waals surface area contributed by atoms with Gasteiger partial charge in [-0.15, -0.1) is 12.4 Å². The molecule has 0 saturated heterocycles. The lowest BCUT2D eigenvalue weighted by Crippen LogP contribution is -2.17. The molecule has 0 atom stereocenters. The number of rotatable bonds is 5. The van der Waals surface area contributed by atoms with Crippen molar-refractivity contribution in [2.75, 3.05) is 13.6 Å². The summed E-state index contributed by atoms with van der Waals surface area (Å²) >= 11 is 0. The first kappa shape index (κ1) is 18.8. The van der Waals surface area contributed by atoms with E-state index in [-0.39, 0.29) is 12.4 Å². The molecule has 0 aromatic heterocycles. The van der Waals surface area contributed by atoms with Gasteiger partial charge >= 0.3 is 0 Å². The lowest BCUT2D eigenvalue weighted by Gasteiger charge is -2.16. The molecule has 2 heteroatoms. The quantitative estimate of drug-likeness (QED) is 0.647. The molecule has 0 bridgehead atoms. The Morgan fingerprint density at radius 3 is 2.46 bits per heavy atom. The monoisotopic (exact) mass is 341 g/mol. The highest BCUT2D eigenvalue weighted by atomic mass is 35.5. The van der Waals surface area contributed by atoms with E-state index in [4.69, 9.17) is 0 Å². The molecular weight excluding hydrogens is 314 g/mol. The van der Waals surface area contributed by atoms with Crippen LogP contribution in [0.4, 0.5) is 0 Å². The smallest absolute Gasteiger partial charge is 0.0234 e. The topological polar surface area (TPSA) is 3.24 Å². The van der Waals surface area contributed by atoms with Crippen molar-refractivity contribution in [1.82, 2.24) is 4.90 Å². The minimum Gasteiger partial charge on any atom is -0.298 e. The minimum absolute atomic E-state index is 0. The van der Waals surface area contributed by atoms with Crippen LogP contribution in [-0.4, -0.2) is 18.5 Å². The Kier molecular flexibility index (Phi) is 7.55. The molecule has 0 aliphatic heterocycles. The number of fused-ring (bicyclic) bond motifs is 1. The van der Waals surface area contributed by atoms with Gasteiger partial charge < -0.3 is 0 Å². The van der Waals surface area contributed by atoms with Gasteiger partial charge in [-0.2, -0.15) is 0 Å². The van der Waals surface area contributed by atoms with Crippen LogP contribution in [0.15, 0.2) is 54.6 Å². The molecule has 0 fully saturated rings. The second-order valence-electron chi connectivity index (χ2n) is 6.67. The van der Waals surface area contributed by atoms with Gasteiger partial charge in [0.25, 0.3) is 0 Å². The molecule has 3 rings (SSSR count). The number of aryl methyl sites for hydroxylation is 2. The van der Waals surface area contributed by atoms with Crippen LogP contribution < -0.4 is 0 Å². The Morgan fingerprint density at radius 1 is 0.917 bits per heavy atom. The third-order valence-corrected chi connectivity index (χ3v) is 4.64. The molecule has 1 aliphatic carbocycles. The first-order chi connectivity index (χ1) is 11.3. The molecule has 0 heterocycles. The maximum Gasteiger partial charge on any atom is 0.0234 e. The van der Waals surface area contributed by atoms with Crippen LogP contribution in [0.5, 0.6) is 0 Å². The van der Waals surface area contributed by atoms with E-state index in [0.29, 0.717) is 0 Å². The zero-order valence-electron chi connectivity index (χ0n) is 14.6. The summed E-state index contributed by atoms with van der Waals surface area (Å²) < 4.78 is 0. The number of hydrogen-bond acceptors (Lipinski definition) is 1. The molecule has 0 spiro atoms. The number of nitrogens with zero attached hydrogens (tertiary/aromatic N) is 1. The van der Waals surface area contributed by atoms with Crippen molar-refractivity contribution in [3.63, 3.8) is 0 Å². The second-order valence-corrected chi connectivity index (χ2v) is 6.67. The molecule has 0 unspecified atom stereocenters.